The van der Waals surface area contributed by atoms with Gasteiger partial charge in [-0.15, -0.1) is 0 Å². The molecule has 0 saturated heterocycles. The summed E-state index contributed by atoms with van der Waals surface area (Å²) < 4.78 is 6.29. The van der Waals surface area contributed by atoms with Crippen LogP contribution in [0.25, 0.3) is 0 Å². The Morgan fingerprint density at radius 1 is 1.29 bits per heavy atom. The average Bonchev–Trinajstić information content (AvgIpc) is 2.25. The van der Waals surface area contributed by atoms with Crippen LogP contribution in [0.15, 0.2) is 18.2 Å². The van der Waals surface area contributed by atoms with E-state index in [2.05, 4.69) is 37.4 Å². The third-order valence-electron chi connectivity index (χ3n) is 3.75. The smallest absolute Gasteiger partial charge is 0.123 e. The molecule has 94 valence electrons. The third-order valence-corrected chi connectivity index (χ3v) is 3.75. The second-order valence-corrected chi connectivity index (χ2v) is 5.26. The summed E-state index contributed by atoms with van der Waals surface area (Å²) in [6, 6.07) is 6.44. The van der Waals surface area contributed by atoms with E-state index in [4.69, 9.17) is 4.74 Å². The molecule has 2 nitrogen and oxygen atoms in total. The van der Waals surface area contributed by atoms with Crippen molar-refractivity contribution in [1.82, 2.24) is 5.32 Å². The van der Waals surface area contributed by atoms with Gasteiger partial charge in [-0.3, -0.25) is 0 Å². The molecule has 0 spiro atoms. The van der Waals surface area contributed by atoms with Gasteiger partial charge < -0.3 is 10.1 Å². The van der Waals surface area contributed by atoms with Gasteiger partial charge in [0.2, 0.25) is 0 Å². The van der Waals surface area contributed by atoms with Gasteiger partial charge in [0.25, 0.3) is 0 Å². The SMILES string of the molecule is CNCCC1(Oc2ccc(C)cc2C)CCC1. The maximum atomic E-state index is 6.29. The number of aryl methyl sites for hydroxylation is 2. The zero-order chi connectivity index (χ0) is 12.3. The number of benzene rings is 1. The van der Waals surface area contributed by atoms with Gasteiger partial charge in [-0.05, 0) is 64.8 Å². The Kier molecular flexibility index (Phi) is 3.72. The fraction of sp³-hybridized carbons (Fsp3) is 0.600. The summed E-state index contributed by atoms with van der Waals surface area (Å²) in [5, 5.41) is 3.22. The molecule has 1 aliphatic carbocycles. The van der Waals surface area contributed by atoms with Crippen LogP contribution in [0.1, 0.15) is 36.8 Å². The van der Waals surface area contributed by atoms with Crippen molar-refractivity contribution in [3.63, 3.8) is 0 Å². The number of hydrogen-bond donors (Lipinski definition) is 1. The quantitative estimate of drug-likeness (QED) is 0.843. The summed E-state index contributed by atoms with van der Waals surface area (Å²) in [5.74, 6) is 1.06. The zero-order valence-electron chi connectivity index (χ0n) is 11.2. The van der Waals surface area contributed by atoms with Crippen molar-refractivity contribution in [2.45, 2.75) is 45.1 Å². The number of ether oxygens (including phenoxy) is 1. The van der Waals surface area contributed by atoms with E-state index in [0.717, 1.165) is 18.7 Å². The molecule has 1 aromatic rings. The maximum absolute atomic E-state index is 6.29. The zero-order valence-corrected chi connectivity index (χ0v) is 11.2. The Balaban J connectivity index is 2.07. The van der Waals surface area contributed by atoms with Gasteiger partial charge in [-0.2, -0.15) is 0 Å². The van der Waals surface area contributed by atoms with E-state index in [9.17, 15) is 0 Å². The van der Waals surface area contributed by atoms with Crippen molar-refractivity contribution in [1.29, 1.82) is 0 Å². The lowest BCUT2D eigenvalue weighted by molar-refractivity contribution is -0.0144. The van der Waals surface area contributed by atoms with E-state index in [-0.39, 0.29) is 5.60 Å². The van der Waals surface area contributed by atoms with Crippen molar-refractivity contribution in [3.05, 3.63) is 29.3 Å². The first-order valence-electron chi connectivity index (χ1n) is 6.56. The summed E-state index contributed by atoms with van der Waals surface area (Å²) in [4.78, 5) is 0. The highest BCUT2D eigenvalue weighted by molar-refractivity contribution is 5.36. The fourth-order valence-corrected chi connectivity index (χ4v) is 2.47. The lowest BCUT2D eigenvalue weighted by Crippen LogP contribution is -2.45. The van der Waals surface area contributed by atoms with Crippen molar-refractivity contribution < 1.29 is 4.74 Å². The molecule has 0 bridgehead atoms. The summed E-state index contributed by atoms with van der Waals surface area (Å²) in [6.45, 7) is 5.29. The Morgan fingerprint density at radius 3 is 2.59 bits per heavy atom. The monoisotopic (exact) mass is 233 g/mol. The van der Waals surface area contributed by atoms with Gasteiger partial charge in [-0.25, -0.2) is 0 Å². The molecule has 1 saturated carbocycles. The summed E-state index contributed by atoms with van der Waals surface area (Å²) in [5.41, 5.74) is 2.65. The molecule has 0 heterocycles. The molecule has 0 aromatic heterocycles. The van der Waals surface area contributed by atoms with Crippen LogP contribution in [0.5, 0.6) is 5.75 Å². The Labute approximate surface area is 104 Å². The van der Waals surface area contributed by atoms with Crippen LogP contribution in [0.2, 0.25) is 0 Å². The van der Waals surface area contributed by atoms with Crippen molar-refractivity contribution >= 4 is 0 Å². The van der Waals surface area contributed by atoms with Crippen molar-refractivity contribution in [2.24, 2.45) is 0 Å². The van der Waals surface area contributed by atoms with Gasteiger partial charge in [0.15, 0.2) is 0 Å². The van der Waals surface area contributed by atoms with Gasteiger partial charge in [0.1, 0.15) is 11.4 Å². The number of rotatable bonds is 5. The molecule has 2 rings (SSSR count). The third kappa shape index (κ3) is 2.81. The molecule has 2 heteroatoms. The topological polar surface area (TPSA) is 21.3 Å². The van der Waals surface area contributed by atoms with E-state index >= 15 is 0 Å². The standard InChI is InChI=1S/C15H23NO/c1-12-5-6-14(13(2)11-12)17-15(7-4-8-15)9-10-16-3/h5-6,11,16H,4,7-10H2,1-3H3. The second kappa shape index (κ2) is 5.09. The molecule has 17 heavy (non-hydrogen) atoms. The van der Waals surface area contributed by atoms with Crippen molar-refractivity contribution in [3.8, 4) is 5.75 Å². The van der Waals surface area contributed by atoms with Gasteiger partial charge >= 0.3 is 0 Å². The van der Waals surface area contributed by atoms with Crippen LogP contribution in [0.3, 0.4) is 0 Å². The van der Waals surface area contributed by atoms with Crippen LogP contribution in [-0.2, 0) is 0 Å². The number of nitrogens with one attached hydrogen (secondary N) is 1. The van der Waals surface area contributed by atoms with Crippen LogP contribution < -0.4 is 10.1 Å². The molecular weight excluding hydrogens is 210 g/mol. The fourth-order valence-electron chi connectivity index (χ4n) is 2.47. The summed E-state index contributed by atoms with van der Waals surface area (Å²) in [7, 11) is 2.00. The Hall–Kier alpha value is -1.02. The molecule has 0 aliphatic heterocycles. The van der Waals surface area contributed by atoms with Crippen LogP contribution >= 0.6 is 0 Å². The Bertz CT molecular complexity index is 383. The number of hydrogen-bond acceptors (Lipinski definition) is 2. The van der Waals surface area contributed by atoms with Crippen LogP contribution in [0.4, 0.5) is 0 Å². The first-order valence-corrected chi connectivity index (χ1v) is 6.56. The first-order chi connectivity index (χ1) is 8.15. The van der Waals surface area contributed by atoms with Gasteiger partial charge in [0.05, 0.1) is 0 Å². The molecule has 1 fully saturated rings. The largest absolute Gasteiger partial charge is 0.487 e. The molecule has 0 radical (unpaired) electrons. The summed E-state index contributed by atoms with van der Waals surface area (Å²) in [6.07, 6.45) is 4.80. The minimum absolute atomic E-state index is 0.100. The van der Waals surface area contributed by atoms with E-state index in [1.165, 1.54) is 30.4 Å². The van der Waals surface area contributed by atoms with Crippen LogP contribution in [-0.4, -0.2) is 19.2 Å². The molecule has 1 aromatic carbocycles. The first kappa shape index (κ1) is 12.4. The lowest BCUT2D eigenvalue weighted by Gasteiger charge is -2.42. The second-order valence-electron chi connectivity index (χ2n) is 5.26. The van der Waals surface area contributed by atoms with E-state index in [0.29, 0.717) is 0 Å². The molecule has 0 amide bonds. The van der Waals surface area contributed by atoms with E-state index < -0.39 is 0 Å². The highest BCUT2D eigenvalue weighted by Crippen LogP contribution is 2.40. The van der Waals surface area contributed by atoms with Crippen molar-refractivity contribution in [2.75, 3.05) is 13.6 Å². The molecule has 0 atom stereocenters. The maximum Gasteiger partial charge on any atom is 0.123 e. The molecular formula is C15H23NO. The normalized spacial score (nSPS) is 17.6. The molecule has 1 aliphatic rings. The highest BCUT2D eigenvalue weighted by atomic mass is 16.5. The predicted octanol–water partition coefficient (Wildman–Crippen LogP) is 3.21. The highest BCUT2D eigenvalue weighted by Gasteiger charge is 2.38. The molecule has 1 N–H and O–H groups in total. The van der Waals surface area contributed by atoms with E-state index in [1.54, 1.807) is 0 Å². The minimum Gasteiger partial charge on any atom is -0.487 e. The molecule has 0 unspecified atom stereocenters. The Morgan fingerprint density at radius 2 is 2.06 bits per heavy atom. The predicted molar refractivity (Wildman–Crippen MR) is 71.7 cm³/mol. The minimum atomic E-state index is 0.100. The summed E-state index contributed by atoms with van der Waals surface area (Å²) >= 11 is 0. The van der Waals surface area contributed by atoms with E-state index in [1.807, 2.05) is 7.05 Å². The average molecular weight is 233 g/mol. The lowest BCUT2D eigenvalue weighted by atomic mass is 9.77. The van der Waals surface area contributed by atoms with Crippen LogP contribution in [0, 0.1) is 13.8 Å². The van der Waals surface area contributed by atoms with Gasteiger partial charge in [0, 0.05) is 0 Å². The van der Waals surface area contributed by atoms with Gasteiger partial charge in [-0.1, -0.05) is 17.7 Å².